The van der Waals surface area contributed by atoms with Crippen molar-refractivity contribution in [2.75, 3.05) is 13.2 Å². The summed E-state index contributed by atoms with van der Waals surface area (Å²) in [4.78, 5) is 25.2. The van der Waals surface area contributed by atoms with Gasteiger partial charge in [-0.25, -0.2) is 4.68 Å². The molecule has 0 fully saturated rings. The summed E-state index contributed by atoms with van der Waals surface area (Å²) in [5.41, 5.74) is 1.25. The van der Waals surface area contributed by atoms with E-state index >= 15 is 0 Å². The Balaban J connectivity index is 1.60. The number of hydrogen-bond acceptors (Lipinski definition) is 4. The Kier molecular flexibility index (Phi) is 7.14. The molecule has 152 valence electrons. The number of carbonyl (C=O) groups is 1. The van der Waals surface area contributed by atoms with Gasteiger partial charge in [0.15, 0.2) is 5.69 Å². The molecule has 0 saturated carbocycles. The van der Waals surface area contributed by atoms with Crippen LogP contribution < -0.4 is 10.9 Å². The van der Waals surface area contributed by atoms with Crippen molar-refractivity contribution in [2.24, 2.45) is 0 Å². The van der Waals surface area contributed by atoms with Crippen LogP contribution in [-0.4, -0.2) is 28.8 Å². The normalized spacial score (nSPS) is 12.1. The number of aryl methyl sites for hydroxylation is 1. The maximum absolute atomic E-state index is 12.7. The van der Waals surface area contributed by atoms with E-state index in [2.05, 4.69) is 10.4 Å². The first-order valence-electron chi connectivity index (χ1n) is 10.1. The van der Waals surface area contributed by atoms with Crippen molar-refractivity contribution >= 4 is 16.7 Å². The molecule has 29 heavy (non-hydrogen) atoms. The molecule has 1 atom stereocenters. The summed E-state index contributed by atoms with van der Waals surface area (Å²) < 4.78 is 7.22. The number of benzene rings is 2. The van der Waals surface area contributed by atoms with Gasteiger partial charge in [-0.05, 0) is 31.4 Å². The predicted molar refractivity (Wildman–Crippen MR) is 114 cm³/mol. The fourth-order valence-electron chi connectivity index (χ4n) is 3.20. The van der Waals surface area contributed by atoms with Crippen molar-refractivity contribution in [1.82, 2.24) is 15.1 Å². The number of aromatic nitrogens is 2. The first-order valence-corrected chi connectivity index (χ1v) is 10.1. The van der Waals surface area contributed by atoms with Crippen LogP contribution in [-0.2, 0) is 11.3 Å². The van der Waals surface area contributed by atoms with Gasteiger partial charge in [0.25, 0.3) is 11.5 Å². The molecule has 3 rings (SSSR count). The Bertz CT molecular complexity index is 1010. The van der Waals surface area contributed by atoms with Crippen molar-refractivity contribution in [2.45, 2.75) is 39.3 Å². The molecule has 0 radical (unpaired) electrons. The topological polar surface area (TPSA) is 73.2 Å². The fourth-order valence-corrected chi connectivity index (χ4v) is 3.20. The average molecular weight is 393 g/mol. The molecule has 0 aliphatic heterocycles. The van der Waals surface area contributed by atoms with Gasteiger partial charge in [0.05, 0.1) is 11.5 Å². The lowest BCUT2D eigenvalue weighted by Crippen LogP contribution is -2.31. The van der Waals surface area contributed by atoms with Crippen LogP contribution in [0.5, 0.6) is 0 Å². The highest BCUT2D eigenvalue weighted by atomic mass is 16.5. The predicted octanol–water partition coefficient (Wildman–Crippen LogP) is 3.70. The van der Waals surface area contributed by atoms with Crippen molar-refractivity contribution < 1.29 is 9.53 Å². The first-order chi connectivity index (χ1) is 14.1. The van der Waals surface area contributed by atoms with Gasteiger partial charge in [-0.3, -0.25) is 9.59 Å². The van der Waals surface area contributed by atoms with Crippen LogP contribution in [0.25, 0.3) is 10.8 Å². The summed E-state index contributed by atoms with van der Waals surface area (Å²) in [6.07, 6.45) is 1.47. The van der Waals surface area contributed by atoms with Crippen LogP contribution in [0.2, 0.25) is 0 Å². The lowest BCUT2D eigenvalue weighted by atomic mass is 10.1. The van der Waals surface area contributed by atoms with Gasteiger partial charge in [0.1, 0.15) is 0 Å². The van der Waals surface area contributed by atoms with Gasteiger partial charge in [0, 0.05) is 25.1 Å². The SMILES string of the molecule is CCCn1nc(C(=O)NCCCO[C@@H](C)c2ccccc2)c2ccccc2c1=O. The average Bonchev–Trinajstić information content (AvgIpc) is 2.76. The second-order valence-corrected chi connectivity index (χ2v) is 6.96. The Labute approximate surface area is 170 Å². The molecule has 2 aromatic carbocycles. The number of fused-ring (bicyclic) bond motifs is 1. The molecule has 0 aliphatic carbocycles. The Morgan fingerprint density at radius 1 is 1.10 bits per heavy atom. The molecule has 0 saturated heterocycles. The number of nitrogens with zero attached hydrogens (tertiary/aromatic N) is 2. The smallest absolute Gasteiger partial charge is 0.274 e. The molecular weight excluding hydrogens is 366 g/mol. The second kappa shape index (κ2) is 9.98. The minimum Gasteiger partial charge on any atom is -0.374 e. The van der Waals surface area contributed by atoms with Crippen molar-refractivity contribution in [1.29, 1.82) is 0 Å². The molecule has 1 aromatic heterocycles. The second-order valence-electron chi connectivity index (χ2n) is 6.96. The Morgan fingerprint density at radius 3 is 2.52 bits per heavy atom. The summed E-state index contributed by atoms with van der Waals surface area (Å²) in [7, 11) is 0. The number of amides is 1. The van der Waals surface area contributed by atoms with E-state index in [-0.39, 0.29) is 23.3 Å². The molecule has 3 aromatic rings. The van der Waals surface area contributed by atoms with Crippen molar-refractivity contribution in [3.63, 3.8) is 0 Å². The van der Waals surface area contributed by atoms with Crippen LogP contribution in [0.3, 0.4) is 0 Å². The van der Waals surface area contributed by atoms with Crippen molar-refractivity contribution in [3.8, 4) is 0 Å². The summed E-state index contributed by atoms with van der Waals surface area (Å²) >= 11 is 0. The maximum Gasteiger partial charge on any atom is 0.274 e. The Hall–Kier alpha value is -2.99. The number of rotatable bonds is 9. The highest BCUT2D eigenvalue weighted by Crippen LogP contribution is 2.16. The summed E-state index contributed by atoms with van der Waals surface area (Å²) in [5, 5.41) is 8.31. The third kappa shape index (κ3) is 5.09. The maximum atomic E-state index is 12.7. The number of ether oxygens (including phenoxy) is 1. The standard InChI is InChI=1S/C23H27N3O3/c1-3-15-26-23(28)20-13-8-7-12-19(20)21(25-26)22(27)24-14-9-16-29-17(2)18-10-5-4-6-11-18/h4-8,10-13,17H,3,9,14-16H2,1-2H3,(H,24,27)/t17-/m0/s1. The molecule has 1 amide bonds. The molecule has 0 spiro atoms. The van der Waals surface area contributed by atoms with Gasteiger partial charge in [-0.15, -0.1) is 0 Å². The summed E-state index contributed by atoms with van der Waals surface area (Å²) in [6, 6.07) is 17.1. The molecule has 1 N–H and O–H groups in total. The van der Waals surface area contributed by atoms with Crippen molar-refractivity contribution in [3.05, 3.63) is 76.2 Å². The molecule has 6 nitrogen and oxygen atoms in total. The van der Waals surface area contributed by atoms with E-state index in [1.54, 1.807) is 18.2 Å². The first kappa shape index (κ1) is 20.7. The summed E-state index contributed by atoms with van der Waals surface area (Å²) in [5.74, 6) is -0.276. The van der Waals surface area contributed by atoms with E-state index in [4.69, 9.17) is 4.74 Å². The van der Waals surface area contributed by atoms with E-state index in [9.17, 15) is 9.59 Å². The summed E-state index contributed by atoms with van der Waals surface area (Å²) in [6.45, 7) is 5.48. The van der Waals surface area contributed by atoms with Crippen LogP contribution >= 0.6 is 0 Å². The highest BCUT2D eigenvalue weighted by Gasteiger charge is 2.16. The number of hydrogen-bond donors (Lipinski definition) is 1. The van der Waals surface area contributed by atoms with E-state index in [1.165, 1.54) is 4.68 Å². The largest absolute Gasteiger partial charge is 0.374 e. The minimum atomic E-state index is -0.276. The van der Waals surface area contributed by atoms with E-state index in [0.717, 1.165) is 12.0 Å². The number of nitrogens with one attached hydrogen (secondary N) is 1. The van der Waals surface area contributed by atoms with Gasteiger partial charge in [-0.2, -0.15) is 5.10 Å². The Morgan fingerprint density at radius 2 is 1.79 bits per heavy atom. The van der Waals surface area contributed by atoms with Crippen LogP contribution in [0, 0.1) is 0 Å². The molecular formula is C23H27N3O3. The molecule has 1 heterocycles. The zero-order valence-electron chi connectivity index (χ0n) is 16.9. The monoisotopic (exact) mass is 393 g/mol. The lowest BCUT2D eigenvalue weighted by molar-refractivity contribution is 0.0634. The van der Waals surface area contributed by atoms with Gasteiger partial charge >= 0.3 is 0 Å². The highest BCUT2D eigenvalue weighted by molar-refractivity contribution is 6.04. The molecule has 0 bridgehead atoms. The van der Waals surface area contributed by atoms with Gasteiger partial charge < -0.3 is 10.1 Å². The lowest BCUT2D eigenvalue weighted by Gasteiger charge is -2.14. The van der Waals surface area contributed by atoms with Gasteiger partial charge in [0.2, 0.25) is 0 Å². The van der Waals surface area contributed by atoms with Crippen LogP contribution in [0.15, 0.2) is 59.4 Å². The zero-order chi connectivity index (χ0) is 20.6. The van der Waals surface area contributed by atoms with E-state index in [0.29, 0.717) is 36.9 Å². The van der Waals surface area contributed by atoms with Crippen LogP contribution in [0.1, 0.15) is 48.8 Å². The van der Waals surface area contributed by atoms with E-state index < -0.39 is 0 Å². The van der Waals surface area contributed by atoms with E-state index in [1.807, 2.05) is 50.2 Å². The fraction of sp³-hybridized carbons (Fsp3) is 0.348. The van der Waals surface area contributed by atoms with Crippen LogP contribution in [0.4, 0.5) is 0 Å². The van der Waals surface area contributed by atoms with Gasteiger partial charge in [-0.1, -0.05) is 55.5 Å². The zero-order valence-corrected chi connectivity index (χ0v) is 16.9. The quantitative estimate of drug-likeness (QED) is 0.563. The third-order valence-electron chi connectivity index (χ3n) is 4.76. The molecule has 6 heteroatoms. The minimum absolute atomic E-state index is 0.00936. The third-order valence-corrected chi connectivity index (χ3v) is 4.76. The molecule has 0 unspecified atom stereocenters. The molecule has 0 aliphatic rings. The number of carbonyl (C=O) groups excluding carboxylic acids is 1.